The van der Waals surface area contributed by atoms with Gasteiger partial charge < -0.3 is 9.47 Å². The van der Waals surface area contributed by atoms with E-state index in [0.717, 1.165) is 10.0 Å². The van der Waals surface area contributed by atoms with Gasteiger partial charge in [0.25, 0.3) is 0 Å². The minimum atomic E-state index is -0.354. The molecule has 0 radical (unpaired) electrons. The lowest BCUT2D eigenvalue weighted by atomic mass is 9.93. The van der Waals surface area contributed by atoms with Crippen LogP contribution in [0.2, 0.25) is 0 Å². The lowest BCUT2D eigenvalue weighted by Crippen LogP contribution is -2.24. The van der Waals surface area contributed by atoms with Crippen LogP contribution in [0.1, 0.15) is 18.6 Å². The van der Waals surface area contributed by atoms with E-state index in [9.17, 15) is 4.79 Å². The molecule has 0 unspecified atom stereocenters. The second-order valence-electron chi connectivity index (χ2n) is 3.95. The number of methoxy groups -OCH3 is 1. The van der Waals surface area contributed by atoms with Crippen LogP contribution in [0, 0.1) is 5.92 Å². The van der Waals surface area contributed by atoms with E-state index in [0.29, 0.717) is 5.76 Å². The number of hydrogen-bond donors (Lipinski definition) is 0. The van der Waals surface area contributed by atoms with Crippen molar-refractivity contribution in [2.75, 3.05) is 7.11 Å². The maximum absolute atomic E-state index is 11.4. The fourth-order valence-corrected chi connectivity index (χ4v) is 2.18. The van der Waals surface area contributed by atoms with Gasteiger partial charge in [0.05, 0.1) is 19.1 Å². The first kappa shape index (κ1) is 12.2. The largest absolute Gasteiger partial charge is 0.500 e. The van der Waals surface area contributed by atoms with Gasteiger partial charge in [-0.1, -0.05) is 35.0 Å². The third-order valence-corrected chi connectivity index (χ3v) is 3.37. The van der Waals surface area contributed by atoms with Gasteiger partial charge in [-0.2, -0.15) is 0 Å². The smallest absolute Gasteiger partial charge is 0.334 e. The lowest BCUT2D eigenvalue weighted by Gasteiger charge is -2.28. The molecule has 1 heterocycles. The second-order valence-corrected chi connectivity index (χ2v) is 4.86. The topological polar surface area (TPSA) is 35.5 Å². The molecule has 1 aromatic carbocycles. The maximum atomic E-state index is 11.4. The Morgan fingerprint density at radius 3 is 2.53 bits per heavy atom. The zero-order chi connectivity index (χ0) is 12.4. The molecule has 2 atom stereocenters. The van der Waals surface area contributed by atoms with Gasteiger partial charge in [0, 0.05) is 4.47 Å². The highest BCUT2D eigenvalue weighted by atomic mass is 79.9. The predicted octanol–water partition coefficient (Wildman–Crippen LogP) is 3.21. The highest BCUT2D eigenvalue weighted by molar-refractivity contribution is 9.10. The number of halogens is 1. The normalized spacial score (nSPS) is 23.9. The Kier molecular flexibility index (Phi) is 3.52. The third-order valence-electron chi connectivity index (χ3n) is 2.84. The summed E-state index contributed by atoms with van der Waals surface area (Å²) in [5, 5.41) is 0. The van der Waals surface area contributed by atoms with Crippen LogP contribution >= 0.6 is 15.9 Å². The standard InChI is InChI=1S/C13H13BrO3/c1-8-11(16-2)7-12(15)17-13(8)9-3-5-10(14)6-4-9/h3-8,13H,1-2H3/t8-,13+/m0/s1. The molecule has 1 aliphatic heterocycles. The van der Waals surface area contributed by atoms with Gasteiger partial charge in [0.1, 0.15) is 11.9 Å². The van der Waals surface area contributed by atoms with Crippen LogP contribution in [0.5, 0.6) is 0 Å². The van der Waals surface area contributed by atoms with Crippen molar-refractivity contribution >= 4 is 21.9 Å². The summed E-state index contributed by atoms with van der Waals surface area (Å²) in [6.45, 7) is 1.98. The van der Waals surface area contributed by atoms with Crippen LogP contribution in [-0.2, 0) is 14.3 Å². The summed E-state index contributed by atoms with van der Waals surface area (Å²) in [5.74, 6) is 0.334. The van der Waals surface area contributed by atoms with Crippen molar-refractivity contribution < 1.29 is 14.3 Å². The summed E-state index contributed by atoms with van der Waals surface area (Å²) in [4.78, 5) is 11.4. The van der Waals surface area contributed by atoms with E-state index in [1.165, 1.54) is 6.08 Å². The number of cyclic esters (lactones) is 1. The summed E-state index contributed by atoms with van der Waals surface area (Å²) in [5.41, 5.74) is 0.969. The van der Waals surface area contributed by atoms with Gasteiger partial charge in [-0.25, -0.2) is 4.79 Å². The van der Waals surface area contributed by atoms with E-state index < -0.39 is 0 Å². The molecule has 0 N–H and O–H groups in total. The summed E-state index contributed by atoms with van der Waals surface area (Å²) < 4.78 is 11.5. The minimum Gasteiger partial charge on any atom is -0.500 e. The van der Waals surface area contributed by atoms with Crippen molar-refractivity contribution in [2.45, 2.75) is 13.0 Å². The molecule has 3 nitrogen and oxygen atoms in total. The Balaban J connectivity index is 2.30. The molecule has 2 rings (SSSR count). The number of hydrogen-bond acceptors (Lipinski definition) is 3. The highest BCUT2D eigenvalue weighted by Crippen LogP contribution is 2.35. The Morgan fingerprint density at radius 1 is 1.29 bits per heavy atom. The van der Waals surface area contributed by atoms with Crippen LogP contribution in [0.3, 0.4) is 0 Å². The molecule has 0 fully saturated rings. The molecule has 0 saturated carbocycles. The zero-order valence-electron chi connectivity index (χ0n) is 9.64. The van der Waals surface area contributed by atoms with Gasteiger partial charge in [-0.05, 0) is 17.7 Å². The second kappa shape index (κ2) is 4.92. The van der Waals surface area contributed by atoms with Crippen molar-refractivity contribution in [1.29, 1.82) is 0 Å². The van der Waals surface area contributed by atoms with Crippen molar-refractivity contribution in [1.82, 2.24) is 0 Å². The molecule has 0 saturated heterocycles. The van der Waals surface area contributed by atoms with E-state index in [1.54, 1.807) is 7.11 Å². The van der Waals surface area contributed by atoms with Gasteiger partial charge in [-0.3, -0.25) is 0 Å². The quantitative estimate of drug-likeness (QED) is 0.786. The zero-order valence-corrected chi connectivity index (χ0v) is 11.2. The average molecular weight is 297 g/mol. The predicted molar refractivity (Wildman–Crippen MR) is 67.2 cm³/mol. The first-order chi connectivity index (χ1) is 8.11. The van der Waals surface area contributed by atoms with Crippen LogP contribution in [0.4, 0.5) is 0 Å². The Bertz CT molecular complexity index is 450. The van der Waals surface area contributed by atoms with Crippen molar-refractivity contribution in [3.8, 4) is 0 Å². The average Bonchev–Trinajstić information content (AvgIpc) is 2.33. The first-order valence-corrected chi connectivity index (χ1v) is 6.13. The van der Waals surface area contributed by atoms with Gasteiger partial charge in [0.2, 0.25) is 0 Å². The highest BCUT2D eigenvalue weighted by Gasteiger charge is 2.31. The molecular formula is C13H13BrO3. The van der Waals surface area contributed by atoms with Crippen LogP contribution in [0.15, 0.2) is 40.6 Å². The molecule has 0 spiro atoms. The molecule has 1 aliphatic rings. The number of ether oxygens (including phenoxy) is 2. The Hall–Kier alpha value is -1.29. The van der Waals surface area contributed by atoms with Crippen molar-refractivity contribution in [2.24, 2.45) is 5.92 Å². The summed E-state index contributed by atoms with van der Waals surface area (Å²) >= 11 is 3.38. The molecule has 0 bridgehead atoms. The number of benzene rings is 1. The number of carbonyl (C=O) groups is 1. The molecule has 4 heteroatoms. The molecule has 0 aliphatic carbocycles. The maximum Gasteiger partial charge on any atom is 0.334 e. The fraction of sp³-hybridized carbons (Fsp3) is 0.308. The van der Waals surface area contributed by atoms with Crippen LogP contribution in [-0.4, -0.2) is 13.1 Å². The summed E-state index contributed by atoms with van der Waals surface area (Å²) in [6.07, 6.45) is 1.12. The molecule has 0 aromatic heterocycles. The van der Waals surface area contributed by atoms with Crippen molar-refractivity contribution in [3.63, 3.8) is 0 Å². The molecular weight excluding hydrogens is 284 g/mol. The Labute approximate surface area is 109 Å². The van der Waals surface area contributed by atoms with Crippen molar-refractivity contribution in [3.05, 3.63) is 46.1 Å². The van der Waals surface area contributed by atoms with E-state index >= 15 is 0 Å². The third kappa shape index (κ3) is 2.52. The number of rotatable bonds is 2. The monoisotopic (exact) mass is 296 g/mol. The molecule has 90 valence electrons. The van der Waals surface area contributed by atoms with E-state index in [-0.39, 0.29) is 18.0 Å². The van der Waals surface area contributed by atoms with Gasteiger partial charge >= 0.3 is 5.97 Å². The fourth-order valence-electron chi connectivity index (χ4n) is 1.91. The SMILES string of the molecule is COC1=CC(=O)O[C@@H](c2ccc(Br)cc2)[C@H]1C. The van der Waals surface area contributed by atoms with E-state index in [4.69, 9.17) is 9.47 Å². The van der Waals surface area contributed by atoms with Crippen LogP contribution in [0.25, 0.3) is 0 Å². The molecule has 1 aromatic rings. The summed E-state index contributed by atoms with van der Waals surface area (Å²) in [6, 6.07) is 7.75. The summed E-state index contributed by atoms with van der Waals surface area (Å²) in [7, 11) is 1.57. The molecule has 0 amide bonds. The number of esters is 1. The van der Waals surface area contributed by atoms with Gasteiger partial charge in [-0.15, -0.1) is 0 Å². The minimum absolute atomic E-state index is 0.0267. The number of carbonyl (C=O) groups excluding carboxylic acids is 1. The molecule has 17 heavy (non-hydrogen) atoms. The van der Waals surface area contributed by atoms with E-state index in [1.807, 2.05) is 31.2 Å². The lowest BCUT2D eigenvalue weighted by molar-refractivity contribution is -0.148. The van der Waals surface area contributed by atoms with Gasteiger partial charge in [0.15, 0.2) is 0 Å². The Morgan fingerprint density at radius 2 is 1.94 bits per heavy atom. The first-order valence-electron chi connectivity index (χ1n) is 5.33. The van der Waals surface area contributed by atoms with E-state index in [2.05, 4.69) is 15.9 Å². The van der Waals surface area contributed by atoms with Crippen LogP contribution < -0.4 is 0 Å².